The molecule has 0 fully saturated rings. The number of methoxy groups -OCH3 is 1. The summed E-state index contributed by atoms with van der Waals surface area (Å²) in [6.45, 7) is 2.08. The Hall–Kier alpha value is -1.00. The molecule has 1 aromatic carbocycles. The molecule has 84 valence electrons. The lowest BCUT2D eigenvalue weighted by Crippen LogP contribution is -1.85. The molecule has 0 aliphatic rings. The molecule has 0 aliphatic carbocycles. The van der Waals surface area contributed by atoms with E-state index < -0.39 is 0 Å². The fraction of sp³-hybridized carbons (Fsp3) is 0.167. The maximum Gasteiger partial charge on any atom is 0.133 e. The summed E-state index contributed by atoms with van der Waals surface area (Å²) in [4.78, 5) is 1.23. The molecule has 0 bridgehead atoms. The first-order chi connectivity index (χ1) is 7.61. The number of nitrogen functional groups attached to an aromatic ring is 1. The highest BCUT2D eigenvalue weighted by atomic mass is 79.9. The second-order valence-electron chi connectivity index (χ2n) is 3.47. The second kappa shape index (κ2) is 4.47. The lowest BCUT2D eigenvalue weighted by molar-refractivity contribution is 0.412. The van der Waals surface area contributed by atoms with Crippen LogP contribution in [0.4, 0.5) is 5.00 Å². The van der Waals surface area contributed by atoms with Crippen molar-refractivity contribution in [3.63, 3.8) is 0 Å². The molecule has 0 saturated heterocycles. The minimum Gasteiger partial charge on any atom is -0.496 e. The molecule has 1 aromatic heterocycles. The molecule has 0 aliphatic heterocycles. The van der Waals surface area contributed by atoms with Gasteiger partial charge in [0.2, 0.25) is 0 Å². The van der Waals surface area contributed by atoms with Crippen LogP contribution in [-0.4, -0.2) is 7.11 Å². The van der Waals surface area contributed by atoms with Gasteiger partial charge in [0.15, 0.2) is 0 Å². The molecule has 0 unspecified atom stereocenters. The van der Waals surface area contributed by atoms with Crippen LogP contribution in [0.1, 0.15) is 4.88 Å². The standard InChI is InChI=1S/C12H12BrNOS/c1-7-9(6-12(14)16-7)8-3-4-11(15-2)10(13)5-8/h3-6H,14H2,1-2H3. The van der Waals surface area contributed by atoms with Crippen molar-refractivity contribution in [1.29, 1.82) is 0 Å². The molecule has 0 atom stereocenters. The van der Waals surface area contributed by atoms with E-state index in [1.807, 2.05) is 24.3 Å². The Bertz CT molecular complexity index is 522. The molecule has 0 radical (unpaired) electrons. The summed E-state index contributed by atoms with van der Waals surface area (Å²) in [6, 6.07) is 8.05. The third-order valence-electron chi connectivity index (χ3n) is 2.40. The average Bonchev–Trinajstić information content (AvgIpc) is 2.58. The van der Waals surface area contributed by atoms with E-state index in [0.29, 0.717) is 0 Å². The van der Waals surface area contributed by atoms with Gasteiger partial charge in [-0.2, -0.15) is 0 Å². The van der Waals surface area contributed by atoms with Gasteiger partial charge >= 0.3 is 0 Å². The predicted octanol–water partition coefficient (Wildman–Crippen LogP) is 4.08. The summed E-state index contributed by atoms with van der Waals surface area (Å²) in [5, 5.41) is 0.847. The molecule has 2 nitrogen and oxygen atoms in total. The van der Waals surface area contributed by atoms with Crippen LogP contribution in [0.3, 0.4) is 0 Å². The zero-order valence-corrected chi connectivity index (χ0v) is 11.5. The topological polar surface area (TPSA) is 35.2 Å². The van der Waals surface area contributed by atoms with Crippen molar-refractivity contribution in [2.24, 2.45) is 0 Å². The van der Waals surface area contributed by atoms with Crippen molar-refractivity contribution < 1.29 is 4.74 Å². The number of hydrogen-bond donors (Lipinski definition) is 1. The van der Waals surface area contributed by atoms with E-state index in [1.165, 1.54) is 10.4 Å². The van der Waals surface area contributed by atoms with Crippen LogP contribution in [-0.2, 0) is 0 Å². The lowest BCUT2D eigenvalue weighted by atomic mass is 10.1. The summed E-state index contributed by atoms with van der Waals surface area (Å²) in [7, 11) is 1.66. The van der Waals surface area contributed by atoms with Gasteiger partial charge in [-0.3, -0.25) is 0 Å². The highest BCUT2D eigenvalue weighted by molar-refractivity contribution is 9.10. The smallest absolute Gasteiger partial charge is 0.133 e. The summed E-state index contributed by atoms with van der Waals surface area (Å²) in [6.07, 6.45) is 0. The molecular weight excluding hydrogens is 286 g/mol. The summed E-state index contributed by atoms with van der Waals surface area (Å²) in [5.74, 6) is 0.838. The van der Waals surface area contributed by atoms with Gasteiger partial charge in [-0.15, -0.1) is 11.3 Å². The number of thiophene rings is 1. The number of hydrogen-bond acceptors (Lipinski definition) is 3. The number of nitrogens with two attached hydrogens (primary N) is 1. The molecule has 0 spiro atoms. The monoisotopic (exact) mass is 297 g/mol. The third-order valence-corrected chi connectivity index (χ3v) is 3.90. The van der Waals surface area contributed by atoms with Crippen molar-refractivity contribution in [1.82, 2.24) is 0 Å². The normalized spacial score (nSPS) is 10.4. The number of rotatable bonds is 2. The molecule has 2 N–H and O–H groups in total. The predicted molar refractivity (Wildman–Crippen MR) is 73.2 cm³/mol. The van der Waals surface area contributed by atoms with Gasteiger partial charge in [0.25, 0.3) is 0 Å². The minimum absolute atomic E-state index is 0.838. The first-order valence-corrected chi connectivity index (χ1v) is 6.42. The molecule has 4 heteroatoms. The second-order valence-corrected chi connectivity index (χ2v) is 5.61. The molecule has 2 rings (SSSR count). The van der Waals surface area contributed by atoms with E-state index in [-0.39, 0.29) is 0 Å². The molecule has 1 heterocycles. The summed E-state index contributed by atoms with van der Waals surface area (Å²) < 4.78 is 6.16. The van der Waals surface area contributed by atoms with Crippen LogP contribution in [0.2, 0.25) is 0 Å². The van der Waals surface area contributed by atoms with E-state index in [4.69, 9.17) is 10.5 Å². The maximum atomic E-state index is 5.79. The van der Waals surface area contributed by atoms with Crippen LogP contribution in [0, 0.1) is 6.92 Å². The molecule has 0 amide bonds. The largest absolute Gasteiger partial charge is 0.496 e. The van der Waals surface area contributed by atoms with E-state index in [1.54, 1.807) is 18.4 Å². The minimum atomic E-state index is 0.838. The quantitative estimate of drug-likeness (QED) is 0.906. The number of aryl methyl sites for hydroxylation is 1. The Morgan fingerprint density at radius 1 is 1.31 bits per heavy atom. The maximum absolute atomic E-state index is 5.79. The number of ether oxygens (including phenoxy) is 1. The molecule has 2 aromatic rings. The van der Waals surface area contributed by atoms with Gasteiger partial charge in [-0.05, 0) is 52.2 Å². The van der Waals surface area contributed by atoms with Gasteiger partial charge < -0.3 is 10.5 Å². The van der Waals surface area contributed by atoms with Crippen molar-refractivity contribution in [2.45, 2.75) is 6.92 Å². The first kappa shape index (κ1) is 11.5. The molecule has 16 heavy (non-hydrogen) atoms. The van der Waals surface area contributed by atoms with E-state index in [0.717, 1.165) is 20.8 Å². The Balaban J connectivity index is 2.49. The number of halogens is 1. The van der Waals surface area contributed by atoms with Gasteiger partial charge in [-0.1, -0.05) is 6.07 Å². The zero-order valence-electron chi connectivity index (χ0n) is 9.08. The number of anilines is 1. The SMILES string of the molecule is COc1ccc(-c2cc(N)sc2C)cc1Br. The number of benzene rings is 1. The fourth-order valence-electron chi connectivity index (χ4n) is 1.63. The van der Waals surface area contributed by atoms with E-state index >= 15 is 0 Å². The summed E-state index contributed by atoms with van der Waals surface area (Å²) >= 11 is 5.09. The van der Waals surface area contributed by atoms with Gasteiger partial charge in [0.1, 0.15) is 5.75 Å². The van der Waals surface area contributed by atoms with Crippen molar-refractivity contribution in [2.75, 3.05) is 12.8 Å². The Morgan fingerprint density at radius 3 is 2.56 bits per heavy atom. The van der Waals surface area contributed by atoms with Crippen LogP contribution < -0.4 is 10.5 Å². The van der Waals surface area contributed by atoms with Crippen LogP contribution in [0.5, 0.6) is 5.75 Å². The highest BCUT2D eigenvalue weighted by Gasteiger charge is 2.08. The van der Waals surface area contributed by atoms with Crippen molar-refractivity contribution >= 4 is 32.3 Å². The van der Waals surface area contributed by atoms with Crippen molar-refractivity contribution in [3.05, 3.63) is 33.6 Å². The molecule has 0 saturated carbocycles. The zero-order chi connectivity index (χ0) is 11.7. The Kier molecular flexibility index (Phi) is 3.21. The van der Waals surface area contributed by atoms with Gasteiger partial charge in [0.05, 0.1) is 16.6 Å². The first-order valence-electron chi connectivity index (χ1n) is 4.81. The van der Waals surface area contributed by atoms with Crippen LogP contribution in [0.25, 0.3) is 11.1 Å². The van der Waals surface area contributed by atoms with E-state index in [2.05, 4.69) is 22.9 Å². The Morgan fingerprint density at radius 2 is 2.06 bits per heavy atom. The van der Waals surface area contributed by atoms with Crippen LogP contribution in [0.15, 0.2) is 28.7 Å². The lowest BCUT2D eigenvalue weighted by Gasteiger charge is -2.05. The summed E-state index contributed by atoms with van der Waals surface area (Å²) in [5.41, 5.74) is 8.13. The average molecular weight is 298 g/mol. The van der Waals surface area contributed by atoms with Gasteiger partial charge in [-0.25, -0.2) is 0 Å². The Labute approximate surface area is 107 Å². The van der Waals surface area contributed by atoms with Crippen LogP contribution >= 0.6 is 27.3 Å². The third kappa shape index (κ3) is 2.08. The van der Waals surface area contributed by atoms with Gasteiger partial charge in [0, 0.05) is 4.88 Å². The van der Waals surface area contributed by atoms with E-state index in [9.17, 15) is 0 Å². The highest BCUT2D eigenvalue weighted by Crippen LogP contribution is 2.36. The van der Waals surface area contributed by atoms with Crippen molar-refractivity contribution in [3.8, 4) is 16.9 Å². The fourth-order valence-corrected chi connectivity index (χ4v) is 2.98. The molecular formula is C12H12BrNOS.